The van der Waals surface area contributed by atoms with Gasteiger partial charge in [0.05, 0.1) is 23.5 Å². The number of esters is 1. The number of halogens is 2. The summed E-state index contributed by atoms with van der Waals surface area (Å²) in [5.74, 6) is -0.580. The third-order valence-electron chi connectivity index (χ3n) is 2.82. The van der Waals surface area contributed by atoms with Gasteiger partial charge in [-0.3, -0.25) is 4.68 Å². The molecule has 21 heavy (non-hydrogen) atoms. The average Bonchev–Trinajstić information content (AvgIpc) is 2.79. The molecule has 7 heteroatoms. The highest BCUT2D eigenvalue weighted by Crippen LogP contribution is 2.26. The first-order valence-electron chi connectivity index (χ1n) is 6.28. The van der Waals surface area contributed by atoms with E-state index < -0.39 is 11.8 Å². The monoisotopic (exact) mass is 312 g/mol. The molecule has 1 heterocycles. The van der Waals surface area contributed by atoms with Gasteiger partial charge in [-0.2, -0.15) is 5.10 Å². The molecule has 0 saturated carbocycles. The SMILES string of the molecule is CCOC(=O)c1cnn(C)c1COc1ccc(F)cc1Cl. The van der Waals surface area contributed by atoms with Gasteiger partial charge in [0, 0.05) is 7.05 Å². The summed E-state index contributed by atoms with van der Waals surface area (Å²) in [6.07, 6.45) is 1.42. The molecular formula is C14H14ClFN2O3. The number of carbonyl (C=O) groups is 1. The Balaban J connectivity index is 2.16. The zero-order valence-electron chi connectivity index (χ0n) is 11.6. The van der Waals surface area contributed by atoms with E-state index in [4.69, 9.17) is 21.1 Å². The van der Waals surface area contributed by atoms with E-state index in [2.05, 4.69) is 5.10 Å². The Kier molecular flexibility index (Phi) is 4.80. The summed E-state index contributed by atoms with van der Waals surface area (Å²) in [4.78, 5) is 11.8. The zero-order valence-corrected chi connectivity index (χ0v) is 12.4. The van der Waals surface area contributed by atoms with Gasteiger partial charge in [0.15, 0.2) is 0 Å². The molecule has 1 aromatic heterocycles. The number of nitrogens with zero attached hydrogens (tertiary/aromatic N) is 2. The molecule has 0 N–H and O–H groups in total. The van der Waals surface area contributed by atoms with Crippen molar-refractivity contribution in [3.63, 3.8) is 0 Å². The lowest BCUT2D eigenvalue weighted by atomic mass is 10.2. The highest BCUT2D eigenvalue weighted by atomic mass is 35.5. The molecule has 112 valence electrons. The Morgan fingerprint density at radius 2 is 2.24 bits per heavy atom. The number of ether oxygens (including phenoxy) is 2. The molecule has 0 aliphatic rings. The number of carbonyl (C=O) groups excluding carboxylic acids is 1. The minimum atomic E-state index is -0.464. The molecule has 0 saturated heterocycles. The summed E-state index contributed by atoms with van der Waals surface area (Å²) < 4.78 is 25.0. The second-order valence-electron chi connectivity index (χ2n) is 4.21. The van der Waals surface area contributed by atoms with Crippen molar-refractivity contribution in [2.24, 2.45) is 7.05 Å². The average molecular weight is 313 g/mol. The maximum absolute atomic E-state index is 13.0. The molecule has 0 radical (unpaired) electrons. The molecule has 0 aliphatic heterocycles. The largest absolute Gasteiger partial charge is 0.486 e. The molecule has 0 atom stereocenters. The van der Waals surface area contributed by atoms with Crippen LogP contribution < -0.4 is 4.74 Å². The van der Waals surface area contributed by atoms with E-state index in [1.165, 1.54) is 23.0 Å². The number of aromatic nitrogens is 2. The molecule has 2 rings (SSSR count). The molecule has 0 bridgehead atoms. The second-order valence-corrected chi connectivity index (χ2v) is 4.62. The van der Waals surface area contributed by atoms with Crippen LogP contribution in [0.4, 0.5) is 4.39 Å². The van der Waals surface area contributed by atoms with Crippen LogP contribution in [0.2, 0.25) is 5.02 Å². The van der Waals surface area contributed by atoms with Crippen molar-refractivity contribution in [2.45, 2.75) is 13.5 Å². The fourth-order valence-corrected chi connectivity index (χ4v) is 1.97. The van der Waals surface area contributed by atoms with Crippen LogP contribution in [0.5, 0.6) is 5.75 Å². The quantitative estimate of drug-likeness (QED) is 0.797. The molecule has 0 aliphatic carbocycles. The van der Waals surface area contributed by atoms with Gasteiger partial charge >= 0.3 is 5.97 Å². The van der Waals surface area contributed by atoms with Crippen molar-refractivity contribution >= 4 is 17.6 Å². The van der Waals surface area contributed by atoms with Crippen LogP contribution in [0.15, 0.2) is 24.4 Å². The van der Waals surface area contributed by atoms with Crippen LogP contribution in [0.1, 0.15) is 23.0 Å². The van der Waals surface area contributed by atoms with Crippen molar-refractivity contribution < 1.29 is 18.7 Å². The Hall–Kier alpha value is -2.08. The molecule has 5 nitrogen and oxygen atoms in total. The first kappa shape index (κ1) is 15.3. The van der Waals surface area contributed by atoms with E-state index >= 15 is 0 Å². The van der Waals surface area contributed by atoms with Gasteiger partial charge in [0.1, 0.15) is 23.7 Å². The Bertz CT molecular complexity index is 658. The minimum Gasteiger partial charge on any atom is -0.486 e. The first-order valence-corrected chi connectivity index (χ1v) is 6.66. The van der Waals surface area contributed by atoms with E-state index in [1.54, 1.807) is 14.0 Å². The topological polar surface area (TPSA) is 53.3 Å². The predicted octanol–water partition coefficient (Wildman–Crippen LogP) is 2.97. The van der Waals surface area contributed by atoms with Crippen LogP contribution in [0, 0.1) is 5.82 Å². The zero-order chi connectivity index (χ0) is 15.4. The van der Waals surface area contributed by atoms with E-state index in [9.17, 15) is 9.18 Å². The lowest BCUT2D eigenvalue weighted by Gasteiger charge is -2.10. The fraction of sp³-hybridized carbons (Fsp3) is 0.286. The maximum Gasteiger partial charge on any atom is 0.341 e. The highest BCUT2D eigenvalue weighted by Gasteiger charge is 2.18. The molecule has 1 aromatic carbocycles. The lowest BCUT2D eigenvalue weighted by molar-refractivity contribution is 0.0523. The van der Waals surface area contributed by atoms with E-state index in [0.717, 1.165) is 6.07 Å². The predicted molar refractivity (Wildman–Crippen MR) is 74.9 cm³/mol. The van der Waals surface area contributed by atoms with Gasteiger partial charge in [0.25, 0.3) is 0 Å². The van der Waals surface area contributed by atoms with Crippen LogP contribution in [0.3, 0.4) is 0 Å². The Morgan fingerprint density at radius 1 is 1.48 bits per heavy atom. The third kappa shape index (κ3) is 3.52. The van der Waals surface area contributed by atoms with Crippen LogP contribution >= 0.6 is 11.6 Å². The van der Waals surface area contributed by atoms with Crippen molar-refractivity contribution in [3.8, 4) is 5.75 Å². The number of hydrogen-bond acceptors (Lipinski definition) is 4. The minimum absolute atomic E-state index is 0.0655. The molecule has 0 unspecified atom stereocenters. The molecule has 0 fully saturated rings. The van der Waals surface area contributed by atoms with Gasteiger partial charge in [-0.25, -0.2) is 9.18 Å². The van der Waals surface area contributed by atoms with Gasteiger partial charge in [-0.15, -0.1) is 0 Å². The molecule has 2 aromatic rings. The summed E-state index contributed by atoms with van der Waals surface area (Å²) in [6, 6.07) is 3.83. The van der Waals surface area contributed by atoms with Gasteiger partial charge in [-0.1, -0.05) is 11.6 Å². The molecule has 0 spiro atoms. The van der Waals surface area contributed by atoms with Crippen molar-refractivity contribution in [1.29, 1.82) is 0 Å². The number of hydrogen-bond donors (Lipinski definition) is 0. The summed E-state index contributed by atoms with van der Waals surface area (Å²) >= 11 is 5.88. The van der Waals surface area contributed by atoms with E-state index in [0.29, 0.717) is 17.0 Å². The summed E-state index contributed by atoms with van der Waals surface area (Å²) in [5.41, 5.74) is 0.881. The second kappa shape index (κ2) is 6.58. The van der Waals surface area contributed by atoms with E-state index in [-0.39, 0.29) is 18.2 Å². The van der Waals surface area contributed by atoms with Crippen molar-refractivity contribution in [3.05, 3.63) is 46.5 Å². The van der Waals surface area contributed by atoms with Crippen LogP contribution in [0.25, 0.3) is 0 Å². The van der Waals surface area contributed by atoms with Gasteiger partial charge in [-0.05, 0) is 25.1 Å². The van der Waals surface area contributed by atoms with Crippen LogP contribution in [-0.4, -0.2) is 22.4 Å². The lowest BCUT2D eigenvalue weighted by Crippen LogP contribution is -2.11. The van der Waals surface area contributed by atoms with Gasteiger partial charge < -0.3 is 9.47 Å². The smallest absolute Gasteiger partial charge is 0.341 e. The maximum atomic E-state index is 13.0. The number of rotatable bonds is 5. The Morgan fingerprint density at radius 3 is 2.90 bits per heavy atom. The van der Waals surface area contributed by atoms with Gasteiger partial charge in [0.2, 0.25) is 0 Å². The van der Waals surface area contributed by atoms with Crippen molar-refractivity contribution in [2.75, 3.05) is 6.61 Å². The summed E-state index contributed by atoms with van der Waals surface area (Å²) in [5, 5.41) is 4.17. The normalized spacial score (nSPS) is 10.5. The van der Waals surface area contributed by atoms with Crippen molar-refractivity contribution in [1.82, 2.24) is 9.78 Å². The summed E-state index contributed by atoms with van der Waals surface area (Å²) in [6.45, 7) is 2.07. The fourth-order valence-electron chi connectivity index (χ4n) is 1.75. The standard InChI is InChI=1S/C14H14ClFN2O3/c1-3-20-14(19)10-7-17-18(2)12(10)8-21-13-5-4-9(16)6-11(13)15/h4-7H,3,8H2,1-2H3. The first-order chi connectivity index (χ1) is 10.0. The number of aryl methyl sites for hydroxylation is 1. The molecule has 0 amide bonds. The number of benzene rings is 1. The van der Waals surface area contributed by atoms with E-state index in [1.807, 2.05) is 0 Å². The highest BCUT2D eigenvalue weighted by molar-refractivity contribution is 6.32. The summed E-state index contributed by atoms with van der Waals surface area (Å²) in [7, 11) is 1.69. The third-order valence-corrected chi connectivity index (χ3v) is 3.11. The molecular weight excluding hydrogens is 299 g/mol. The Labute approximate surface area is 126 Å². The van der Waals surface area contributed by atoms with Crippen LogP contribution in [-0.2, 0) is 18.4 Å².